The maximum absolute atomic E-state index is 12.3. The molecule has 0 saturated heterocycles. The van der Waals surface area contributed by atoms with Gasteiger partial charge in [-0.15, -0.1) is 0 Å². The predicted molar refractivity (Wildman–Crippen MR) is 112 cm³/mol. The van der Waals surface area contributed by atoms with E-state index in [4.69, 9.17) is 5.73 Å². The number of anilines is 1. The van der Waals surface area contributed by atoms with E-state index in [1.165, 1.54) is 4.90 Å². The minimum Gasteiger partial charge on any atom is -0.465 e. The van der Waals surface area contributed by atoms with Crippen molar-refractivity contribution in [3.8, 4) is 11.1 Å². The number of benzene rings is 1. The molecule has 8 heteroatoms. The average Bonchev–Trinajstić information content (AvgIpc) is 3.09. The first kappa shape index (κ1) is 20.9. The third kappa shape index (κ3) is 3.98. The van der Waals surface area contributed by atoms with Gasteiger partial charge >= 0.3 is 6.09 Å². The monoisotopic (exact) mass is 399 g/mol. The minimum atomic E-state index is -0.958. The van der Waals surface area contributed by atoms with Crippen molar-refractivity contribution >= 4 is 17.7 Å². The van der Waals surface area contributed by atoms with E-state index in [0.717, 1.165) is 22.4 Å². The number of hydrogen-bond acceptors (Lipinski definition) is 4. The number of rotatable bonds is 5. The number of fused-ring (bicyclic) bond motifs is 1. The Labute approximate surface area is 170 Å². The van der Waals surface area contributed by atoms with E-state index in [1.807, 2.05) is 45.2 Å². The summed E-state index contributed by atoms with van der Waals surface area (Å²) >= 11 is 0. The molecule has 0 radical (unpaired) electrons. The Hall–Kier alpha value is -2.87. The lowest BCUT2D eigenvalue weighted by Crippen LogP contribution is -2.48. The van der Waals surface area contributed by atoms with Gasteiger partial charge in [0.15, 0.2) is 0 Å². The number of hydrogen-bond donors (Lipinski definition) is 2. The Balaban J connectivity index is 2.12. The van der Waals surface area contributed by atoms with Crippen LogP contribution in [0.2, 0.25) is 0 Å². The SMILES string of the molecule is CC(=O)N1c2ccc(-c3cnn(CCN)c3)cc2C(N(C(=O)O)C(C)C)CC1C. The van der Waals surface area contributed by atoms with Crippen molar-refractivity contribution in [2.45, 2.75) is 58.8 Å². The Bertz CT molecular complexity index is 907. The summed E-state index contributed by atoms with van der Waals surface area (Å²) in [4.78, 5) is 27.6. The van der Waals surface area contributed by atoms with Crippen LogP contribution < -0.4 is 10.6 Å². The summed E-state index contributed by atoms with van der Waals surface area (Å²) in [5.41, 5.74) is 9.08. The molecule has 2 aromatic rings. The number of carbonyl (C=O) groups is 2. The molecule has 29 heavy (non-hydrogen) atoms. The van der Waals surface area contributed by atoms with Crippen LogP contribution in [0.25, 0.3) is 11.1 Å². The van der Waals surface area contributed by atoms with Gasteiger partial charge in [-0.25, -0.2) is 4.79 Å². The van der Waals surface area contributed by atoms with Crippen molar-refractivity contribution in [1.29, 1.82) is 0 Å². The van der Waals surface area contributed by atoms with Gasteiger partial charge in [-0.1, -0.05) is 6.07 Å². The molecule has 0 fully saturated rings. The van der Waals surface area contributed by atoms with Gasteiger partial charge in [0, 0.05) is 43.0 Å². The molecule has 1 aliphatic heterocycles. The van der Waals surface area contributed by atoms with E-state index in [1.54, 1.807) is 22.7 Å². The molecule has 0 bridgehead atoms. The van der Waals surface area contributed by atoms with Crippen molar-refractivity contribution in [2.75, 3.05) is 11.4 Å². The first-order valence-electron chi connectivity index (χ1n) is 9.92. The molecule has 8 nitrogen and oxygen atoms in total. The van der Waals surface area contributed by atoms with E-state index < -0.39 is 6.09 Å². The number of carboxylic acid groups (broad SMARTS) is 1. The smallest absolute Gasteiger partial charge is 0.408 e. The maximum atomic E-state index is 12.3. The Morgan fingerprint density at radius 2 is 2.07 bits per heavy atom. The molecule has 3 rings (SSSR count). The second-order valence-corrected chi connectivity index (χ2v) is 7.83. The summed E-state index contributed by atoms with van der Waals surface area (Å²) in [7, 11) is 0. The highest BCUT2D eigenvalue weighted by Gasteiger charge is 2.38. The van der Waals surface area contributed by atoms with Gasteiger partial charge in [-0.3, -0.25) is 14.4 Å². The summed E-state index contributed by atoms with van der Waals surface area (Å²) in [5, 5.41) is 14.2. The van der Waals surface area contributed by atoms with Gasteiger partial charge < -0.3 is 15.7 Å². The van der Waals surface area contributed by atoms with Crippen molar-refractivity contribution in [3.05, 3.63) is 36.2 Å². The van der Waals surface area contributed by atoms with Gasteiger partial charge in [-0.2, -0.15) is 5.10 Å². The van der Waals surface area contributed by atoms with Crippen LogP contribution >= 0.6 is 0 Å². The van der Waals surface area contributed by atoms with E-state index in [9.17, 15) is 14.7 Å². The predicted octanol–water partition coefficient (Wildman–Crippen LogP) is 3.08. The summed E-state index contributed by atoms with van der Waals surface area (Å²) in [6.45, 7) is 8.38. The standard InChI is InChI=1S/C21H29N5O3/c1-13(2)25(21(28)29)20-9-14(3)26(15(4)27)19-6-5-16(10-18(19)20)17-11-23-24(12-17)8-7-22/h5-6,10-14,20H,7-9,22H2,1-4H3,(H,28,29). The number of carbonyl (C=O) groups excluding carboxylic acids is 1. The first-order chi connectivity index (χ1) is 13.7. The topological polar surface area (TPSA) is 105 Å². The minimum absolute atomic E-state index is 0.0489. The largest absolute Gasteiger partial charge is 0.465 e. The van der Waals surface area contributed by atoms with Gasteiger partial charge in [0.1, 0.15) is 0 Å². The molecule has 2 atom stereocenters. The van der Waals surface area contributed by atoms with E-state index in [-0.39, 0.29) is 24.0 Å². The molecule has 3 N–H and O–H groups in total. The number of nitrogens with two attached hydrogens (primary N) is 1. The summed E-state index contributed by atoms with van der Waals surface area (Å²) in [6.07, 6.45) is 3.29. The molecule has 0 aliphatic carbocycles. The maximum Gasteiger partial charge on any atom is 0.408 e. The number of nitrogens with zero attached hydrogens (tertiary/aromatic N) is 4. The molecule has 2 amide bonds. The second-order valence-electron chi connectivity index (χ2n) is 7.83. The number of aromatic nitrogens is 2. The Kier molecular flexibility index (Phi) is 5.93. The number of amides is 2. The van der Waals surface area contributed by atoms with Crippen LogP contribution in [0.5, 0.6) is 0 Å². The van der Waals surface area contributed by atoms with Crippen molar-refractivity contribution in [1.82, 2.24) is 14.7 Å². The van der Waals surface area contributed by atoms with E-state index in [2.05, 4.69) is 5.10 Å². The second kappa shape index (κ2) is 8.24. The van der Waals surface area contributed by atoms with Crippen molar-refractivity contribution < 1.29 is 14.7 Å². The summed E-state index contributed by atoms with van der Waals surface area (Å²) < 4.78 is 1.79. The van der Waals surface area contributed by atoms with Crippen molar-refractivity contribution in [3.63, 3.8) is 0 Å². The molecule has 0 saturated carbocycles. The summed E-state index contributed by atoms with van der Waals surface area (Å²) in [6, 6.07) is 5.25. The highest BCUT2D eigenvalue weighted by Crippen LogP contribution is 2.43. The fourth-order valence-corrected chi connectivity index (χ4v) is 4.24. The lowest BCUT2D eigenvalue weighted by Gasteiger charge is -2.43. The molecular formula is C21H29N5O3. The average molecular weight is 399 g/mol. The van der Waals surface area contributed by atoms with E-state index >= 15 is 0 Å². The third-order valence-electron chi connectivity index (χ3n) is 5.43. The van der Waals surface area contributed by atoms with Crippen molar-refractivity contribution in [2.24, 2.45) is 5.73 Å². The van der Waals surface area contributed by atoms with E-state index in [0.29, 0.717) is 19.5 Å². The van der Waals surface area contributed by atoms with Crippen LogP contribution in [0.3, 0.4) is 0 Å². The lowest BCUT2D eigenvalue weighted by molar-refractivity contribution is -0.117. The third-order valence-corrected chi connectivity index (χ3v) is 5.43. The fraction of sp³-hybridized carbons (Fsp3) is 0.476. The van der Waals surface area contributed by atoms with Crippen LogP contribution in [0.1, 0.15) is 45.7 Å². The van der Waals surface area contributed by atoms with Gasteiger partial charge in [0.05, 0.1) is 18.8 Å². The zero-order valence-electron chi connectivity index (χ0n) is 17.4. The van der Waals surface area contributed by atoms with Crippen LogP contribution in [0.15, 0.2) is 30.6 Å². The molecule has 0 spiro atoms. The fourth-order valence-electron chi connectivity index (χ4n) is 4.24. The Morgan fingerprint density at radius 1 is 1.34 bits per heavy atom. The molecule has 1 aromatic heterocycles. The normalized spacial score (nSPS) is 18.6. The highest BCUT2D eigenvalue weighted by atomic mass is 16.4. The van der Waals surface area contributed by atoms with Gasteiger partial charge in [-0.05, 0) is 50.5 Å². The zero-order chi connectivity index (χ0) is 21.3. The first-order valence-corrected chi connectivity index (χ1v) is 9.92. The van der Waals surface area contributed by atoms with Crippen LogP contribution in [-0.2, 0) is 11.3 Å². The Morgan fingerprint density at radius 3 is 2.66 bits per heavy atom. The molecule has 1 aliphatic rings. The molecular weight excluding hydrogens is 370 g/mol. The van der Waals surface area contributed by atoms with Gasteiger partial charge in [0.2, 0.25) is 5.91 Å². The van der Waals surface area contributed by atoms with Gasteiger partial charge in [0.25, 0.3) is 0 Å². The highest BCUT2D eigenvalue weighted by molar-refractivity contribution is 5.94. The molecule has 2 unspecified atom stereocenters. The molecule has 1 aromatic carbocycles. The quantitative estimate of drug-likeness (QED) is 0.804. The van der Waals surface area contributed by atoms with Crippen LogP contribution in [0.4, 0.5) is 10.5 Å². The van der Waals surface area contributed by atoms with Crippen LogP contribution in [0, 0.1) is 0 Å². The molecule has 2 heterocycles. The lowest BCUT2D eigenvalue weighted by atomic mass is 9.88. The zero-order valence-corrected chi connectivity index (χ0v) is 17.4. The van der Waals surface area contributed by atoms with Crippen LogP contribution in [-0.4, -0.2) is 50.4 Å². The molecule has 156 valence electrons. The summed E-state index contributed by atoms with van der Waals surface area (Å²) in [5.74, 6) is -0.0489.